The van der Waals surface area contributed by atoms with Crippen molar-refractivity contribution in [3.63, 3.8) is 0 Å². The molecular weight excluding hydrogens is 306 g/mol. The van der Waals surface area contributed by atoms with Crippen LogP contribution in [-0.4, -0.2) is 50.1 Å². The van der Waals surface area contributed by atoms with Gasteiger partial charge in [-0.3, -0.25) is 9.69 Å². The monoisotopic (exact) mass is 329 g/mol. The lowest BCUT2D eigenvalue weighted by Crippen LogP contribution is -2.46. The van der Waals surface area contributed by atoms with Gasteiger partial charge in [0, 0.05) is 32.0 Å². The van der Waals surface area contributed by atoms with Crippen LogP contribution in [0.15, 0.2) is 30.6 Å². The summed E-state index contributed by atoms with van der Waals surface area (Å²) in [4.78, 5) is 13.4. The molecule has 0 aliphatic carbocycles. The van der Waals surface area contributed by atoms with E-state index in [1.54, 1.807) is 6.20 Å². The number of aliphatic carboxylic acids is 1. The number of rotatable bonds is 4. The van der Waals surface area contributed by atoms with E-state index < -0.39 is 18.0 Å². The van der Waals surface area contributed by atoms with Gasteiger partial charge in [0.2, 0.25) is 0 Å². The second-order valence-electron chi connectivity index (χ2n) is 6.58. The molecule has 1 aromatic carbocycles. The van der Waals surface area contributed by atoms with E-state index in [0.29, 0.717) is 26.1 Å². The van der Waals surface area contributed by atoms with Gasteiger partial charge in [-0.25, -0.2) is 4.68 Å². The molecule has 1 aromatic heterocycles. The molecule has 0 amide bonds. The van der Waals surface area contributed by atoms with Gasteiger partial charge in [0.25, 0.3) is 0 Å². The van der Waals surface area contributed by atoms with Crippen LogP contribution in [0, 0.1) is 19.8 Å². The largest absolute Gasteiger partial charge is 0.481 e. The topological polar surface area (TPSA) is 78.6 Å². The Morgan fingerprint density at radius 1 is 1.38 bits per heavy atom. The Labute approximate surface area is 141 Å². The highest BCUT2D eigenvalue weighted by Gasteiger charge is 2.33. The van der Waals surface area contributed by atoms with Crippen molar-refractivity contribution in [1.29, 1.82) is 0 Å². The molecule has 128 valence electrons. The van der Waals surface area contributed by atoms with Gasteiger partial charge >= 0.3 is 5.97 Å². The van der Waals surface area contributed by atoms with Crippen molar-refractivity contribution in [3.05, 3.63) is 47.3 Å². The van der Waals surface area contributed by atoms with Crippen LogP contribution in [0.5, 0.6) is 0 Å². The second-order valence-corrected chi connectivity index (χ2v) is 6.58. The number of hydrogen-bond acceptors (Lipinski definition) is 4. The molecule has 1 aliphatic heterocycles. The number of aromatic nitrogens is 2. The van der Waals surface area contributed by atoms with Crippen LogP contribution in [-0.2, 0) is 11.3 Å². The first-order valence-corrected chi connectivity index (χ1v) is 8.19. The molecule has 2 aromatic rings. The van der Waals surface area contributed by atoms with E-state index in [0.717, 1.165) is 16.8 Å². The van der Waals surface area contributed by atoms with Crippen LogP contribution in [0.1, 0.15) is 23.1 Å². The number of carbonyl (C=O) groups is 1. The number of aliphatic hydroxyl groups is 1. The molecule has 6 heteroatoms. The smallest absolute Gasteiger partial charge is 0.310 e. The number of aryl methyl sites for hydroxylation is 2. The zero-order valence-corrected chi connectivity index (χ0v) is 14.0. The van der Waals surface area contributed by atoms with Crippen molar-refractivity contribution in [2.45, 2.75) is 32.9 Å². The molecule has 24 heavy (non-hydrogen) atoms. The average Bonchev–Trinajstić information content (AvgIpc) is 3.02. The Hall–Kier alpha value is -2.18. The summed E-state index contributed by atoms with van der Waals surface area (Å²) in [5.74, 6) is -1.65. The Balaban J connectivity index is 1.89. The second kappa shape index (κ2) is 6.75. The van der Waals surface area contributed by atoms with Crippen molar-refractivity contribution in [3.8, 4) is 5.69 Å². The number of carboxylic acids is 1. The SMILES string of the molecule is Cc1cc(C)c(-n2cccn2)c(CN2CC[C@H](O)[C@H](C(=O)O)C2)c1. The van der Waals surface area contributed by atoms with Crippen LogP contribution < -0.4 is 0 Å². The number of likely N-dealkylation sites (tertiary alicyclic amines) is 1. The molecule has 0 spiro atoms. The summed E-state index contributed by atoms with van der Waals surface area (Å²) in [5, 5.41) is 23.5. The maximum Gasteiger partial charge on any atom is 0.310 e. The predicted octanol–water partition coefficient (Wildman–Crippen LogP) is 1.76. The molecule has 6 nitrogen and oxygen atoms in total. The summed E-state index contributed by atoms with van der Waals surface area (Å²) in [7, 11) is 0. The third-order valence-corrected chi connectivity index (χ3v) is 4.63. The minimum absolute atomic E-state index is 0.363. The van der Waals surface area contributed by atoms with Gasteiger partial charge in [0.05, 0.1) is 17.7 Å². The maximum absolute atomic E-state index is 11.3. The number of aliphatic hydroxyl groups excluding tert-OH is 1. The number of hydrogen-bond donors (Lipinski definition) is 2. The highest BCUT2D eigenvalue weighted by Crippen LogP contribution is 2.25. The molecule has 2 atom stereocenters. The normalized spacial score (nSPS) is 21.8. The summed E-state index contributed by atoms with van der Waals surface area (Å²) in [6.45, 7) is 5.82. The third-order valence-electron chi connectivity index (χ3n) is 4.63. The molecular formula is C18H23N3O3. The zero-order chi connectivity index (χ0) is 17.3. The molecule has 1 fully saturated rings. The quantitative estimate of drug-likeness (QED) is 0.893. The van der Waals surface area contributed by atoms with E-state index in [1.165, 1.54) is 5.56 Å². The van der Waals surface area contributed by atoms with E-state index >= 15 is 0 Å². The Morgan fingerprint density at radius 3 is 2.83 bits per heavy atom. The molecule has 1 aliphatic rings. The third kappa shape index (κ3) is 3.34. The van der Waals surface area contributed by atoms with Gasteiger partial charge in [0.1, 0.15) is 0 Å². The molecule has 0 saturated carbocycles. The number of benzene rings is 1. The van der Waals surface area contributed by atoms with E-state index in [2.05, 4.69) is 36.0 Å². The maximum atomic E-state index is 11.3. The van der Waals surface area contributed by atoms with Gasteiger partial charge in [-0.05, 0) is 37.5 Å². The van der Waals surface area contributed by atoms with Gasteiger partial charge in [-0.2, -0.15) is 5.10 Å². The highest BCUT2D eigenvalue weighted by molar-refractivity contribution is 5.71. The molecule has 2 heterocycles. The number of piperidine rings is 1. The predicted molar refractivity (Wildman–Crippen MR) is 90.1 cm³/mol. The van der Waals surface area contributed by atoms with Gasteiger partial charge in [0.15, 0.2) is 0 Å². The molecule has 3 rings (SSSR count). The lowest BCUT2D eigenvalue weighted by atomic mass is 9.94. The Morgan fingerprint density at radius 2 is 2.17 bits per heavy atom. The van der Waals surface area contributed by atoms with Crippen molar-refractivity contribution >= 4 is 5.97 Å². The average molecular weight is 329 g/mol. The molecule has 1 saturated heterocycles. The fraction of sp³-hybridized carbons (Fsp3) is 0.444. The minimum Gasteiger partial charge on any atom is -0.481 e. The summed E-state index contributed by atoms with van der Waals surface area (Å²) in [6, 6.07) is 6.14. The summed E-state index contributed by atoms with van der Waals surface area (Å²) in [5.41, 5.74) is 4.48. The molecule has 0 radical (unpaired) electrons. The first kappa shape index (κ1) is 16.7. The first-order chi connectivity index (χ1) is 11.5. The highest BCUT2D eigenvalue weighted by atomic mass is 16.4. The molecule has 0 bridgehead atoms. The van der Waals surface area contributed by atoms with Gasteiger partial charge < -0.3 is 10.2 Å². The molecule has 2 N–H and O–H groups in total. The van der Waals surface area contributed by atoms with Gasteiger partial charge in [-0.1, -0.05) is 17.7 Å². The van der Waals surface area contributed by atoms with Crippen LogP contribution in [0.25, 0.3) is 5.69 Å². The minimum atomic E-state index is -0.931. The lowest BCUT2D eigenvalue weighted by Gasteiger charge is -2.34. The zero-order valence-electron chi connectivity index (χ0n) is 14.0. The molecule has 0 unspecified atom stereocenters. The Bertz CT molecular complexity index is 727. The fourth-order valence-electron chi connectivity index (χ4n) is 3.53. The Kier molecular flexibility index (Phi) is 4.69. The lowest BCUT2D eigenvalue weighted by molar-refractivity contribution is -0.149. The van der Waals surface area contributed by atoms with Gasteiger partial charge in [-0.15, -0.1) is 0 Å². The summed E-state index contributed by atoms with van der Waals surface area (Å²) >= 11 is 0. The van der Waals surface area contributed by atoms with Crippen LogP contribution in [0.3, 0.4) is 0 Å². The van der Waals surface area contributed by atoms with Crippen LogP contribution in [0.4, 0.5) is 0 Å². The first-order valence-electron chi connectivity index (χ1n) is 8.19. The summed E-state index contributed by atoms with van der Waals surface area (Å²) in [6.07, 6.45) is 3.39. The van der Waals surface area contributed by atoms with E-state index in [9.17, 15) is 15.0 Å². The van der Waals surface area contributed by atoms with Crippen molar-refractivity contribution < 1.29 is 15.0 Å². The number of nitrogens with zero attached hydrogens (tertiary/aromatic N) is 3. The summed E-state index contributed by atoms with van der Waals surface area (Å²) < 4.78 is 1.86. The fourth-order valence-corrected chi connectivity index (χ4v) is 3.53. The van der Waals surface area contributed by atoms with Crippen LogP contribution >= 0.6 is 0 Å². The van der Waals surface area contributed by atoms with E-state index in [-0.39, 0.29) is 0 Å². The van der Waals surface area contributed by atoms with Crippen molar-refractivity contribution in [2.75, 3.05) is 13.1 Å². The van der Waals surface area contributed by atoms with E-state index in [4.69, 9.17) is 0 Å². The van der Waals surface area contributed by atoms with Crippen molar-refractivity contribution in [2.24, 2.45) is 5.92 Å². The van der Waals surface area contributed by atoms with Crippen molar-refractivity contribution in [1.82, 2.24) is 14.7 Å². The van der Waals surface area contributed by atoms with E-state index in [1.807, 2.05) is 16.9 Å². The standard InChI is InChI=1S/C18H23N3O3/c1-12-8-13(2)17(21-6-3-5-19-21)14(9-12)10-20-7-4-16(22)15(11-20)18(23)24/h3,5-6,8-9,15-16,22H,4,7,10-11H2,1-2H3,(H,23,24)/t15-,16+/m1/s1. The van der Waals surface area contributed by atoms with Crippen LogP contribution in [0.2, 0.25) is 0 Å². The number of carboxylic acid groups (broad SMARTS) is 1.